The molecule has 1 heterocycles. The van der Waals surface area contributed by atoms with Crippen molar-refractivity contribution in [2.45, 2.75) is 0 Å². The Kier molecular flexibility index (Phi) is 6.56. The Balaban J connectivity index is 1.97. The Morgan fingerprint density at radius 2 is 1.94 bits per heavy atom. The summed E-state index contributed by atoms with van der Waals surface area (Å²) >= 11 is 1.09. The molecule has 1 saturated heterocycles. The lowest BCUT2D eigenvalue weighted by molar-refractivity contribution is -0.121. The second-order valence-electron chi connectivity index (χ2n) is 6.33. The third-order valence-electron chi connectivity index (χ3n) is 4.26. The van der Waals surface area contributed by atoms with Crippen molar-refractivity contribution in [3.8, 4) is 5.75 Å². The minimum Gasteiger partial charge on any atom is -0.508 e. The number of amidine groups is 1. The lowest BCUT2D eigenvalue weighted by Gasteiger charge is -2.13. The summed E-state index contributed by atoms with van der Waals surface area (Å²) in [6, 6.07) is 10.3. The van der Waals surface area contributed by atoms with Crippen LogP contribution in [-0.4, -0.2) is 51.8 Å². The number of aliphatic imine (C=N–C) groups is 1. The topological polar surface area (TPSA) is 117 Å². The molecule has 2 aromatic rings. The SMILES string of the molecule is C=CCN1C(=O)/C(=C/c2ccc(C(=O)OC)cc2)SC1=Nc1ccc(O)cc1C(=O)O. The van der Waals surface area contributed by atoms with E-state index >= 15 is 0 Å². The molecular weight excluding hydrogens is 420 g/mol. The molecule has 1 amide bonds. The van der Waals surface area contributed by atoms with Gasteiger partial charge < -0.3 is 14.9 Å². The Bertz CT molecular complexity index is 1120. The first-order valence-electron chi connectivity index (χ1n) is 8.99. The lowest BCUT2D eigenvalue weighted by Crippen LogP contribution is -2.29. The van der Waals surface area contributed by atoms with Crippen molar-refractivity contribution in [1.82, 2.24) is 4.90 Å². The lowest BCUT2D eigenvalue weighted by atomic mass is 10.1. The highest BCUT2D eigenvalue weighted by Crippen LogP contribution is 2.35. The number of methoxy groups -OCH3 is 1. The fraction of sp³-hybridized carbons (Fsp3) is 0.0909. The van der Waals surface area contributed by atoms with E-state index < -0.39 is 11.9 Å². The molecule has 9 heteroatoms. The number of carbonyl (C=O) groups excluding carboxylic acids is 2. The van der Waals surface area contributed by atoms with E-state index in [-0.39, 0.29) is 34.6 Å². The van der Waals surface area contributed by atoms with Crippen LogP contribution in [-0.2, 0) is 9.53 Å². The number of phenolic OH excluding ortho intramolecular Hbond substituents is 1. The number of carbonyl (C=O) groups is 3. The molecule has 0 unspecified atom stereocenters. The summed E-state index contributed by atoms with van der Waals surface area (Å²) in [5.74, 6) is -2.21. The molecule has 0 bridgehead atoms. The molecule has 1 fully saturated rings. The van der Waals surface area contributed by atoms with E-state index in [1.807, 2.05) is 0 Å². The number of aromatic carboxylic acids is 1. The maximum absolute atomic E-state index is 12.9. The average molecular weight is 438 g/mol. The molecule has 31 heavy (non-hydrogen) atoms. The number of amides is 1. The summed E-state index contributed by atoms with van der Waals surface area (Å²) in [5.41, 5.74) is 1.01. The minimum absolute atomic E-state index is 0.110. The Morgan fingerprint density at radius 3 is 2.55 bits per heavy atom. The van der Waals surface area contributed by atoms with Crippen molar-refractivity contribution in [3.63, 3.8) is 0 Å². The first kappa shape index (κ1) is 21.8. The predicted octanol–water partition coefficient (Wildman–Crippen LogP) is 3.67. The Labute approximate surface area is 182 Å². The highest BCUT2D eigenvalue weighted by Gasteiger charge is 2.33. The van der Waals surface area contributed by atoms with E-state index in [4.69, 9.17) is 0 Å². The summed E-state index contributed by atoms with van der Waals surface area (Å²) in [7, 11) is 1.30. The fourth-order valence-electron chi connectivity index (χ4n) is 2.76. The van der Waals surface area contributed by atoms with Gasteiger partial charge in [0.2, 0.25) is 0 Å². The maximum Gasteiger partial charge on any atom is 0.338 e. The summed E-state index contributed by atoms with van der Waals surface area (Å²) in [5, 5.41) is 19.2. The summed E-state index contributed by atoms with van der Waals surface area (Å²) in [6.07, 6.45) is 3.19. The van der Waals surface area contributed by atoms with Gasteiger partial charge in [0.15, 0.2) is 5.17 Å². The number of phenols is 1. The third kappa shape index (κ3) is 4.84. The van der Waals surface area contributed by atoms with Crippen molar-refractivity contribution >= 4 is 46.5 Å². The summed E-state index contributed by atoms with van der Waals surface area (Å²) in [4.78, 5) is 42.0. The number of carboxylic acids is 1. The number of aromatic hydroxyl groups is 1. The molecule has 2 aromatic carbocycles. The van der Waals surface area contributed by atoms with Gasteiger partial charge in [0, 0.05) is 6.54 Å². The zero-order chi connectivity index (χ0) is 22.5. The molecule has 0 spiro atoms. The van der Waals surface area contributed by atoms with Gasteiger partial charge in [0.25, 0.3) is 5.91 Å². The smallest absolute Gasteiger partial charge is 0.338 e. The molecule has 1 aliphatic heterocycles. The van der Waals surface area contributed by atoms with Gasteiger partial charge in [-0.05, 0) is 53.7 Å². The number of hydrogen-bond acceptors (Lipinski definition) is 7. The number of thioether (sulfide) groups is 1. The van der Waals surface area contributed by atoms with Crippen LogP contribution in [0.5, 0.6) is 5.75 Å². The van der Waals surface area contributed by atoms with Gasteiger partial charge in [-0.3, -0.25) is 9.69 Å². The monoisotopic (exact) mass is 438 g/mol. The molecular formula is C22H18N2O6S. The average Bonchev–Trinajstić information content (AvgIpc) is 3.04. The largest absolute Gasteiger partial charge is 0.508 e. The molecule has 0 radical (unpaired) electrons. The molecule has 0 aliphatic carbocycles. The predicted molar refractivity (Wildman–Crippen MR) is 117 cm³/mol. The molecule has 1 aliphatic rings. The van der Waals surface area contributed by atoms with E-state index in [1.54, 1.807) is 30.3 Å². The van der Waals surface area contributed by atoms with Crippen molar-refractivity contribution < 1.29 is 29.3 Å². The van der Waals surface area contributed by atoms with E-state index in [0.29, 0.717) is 16.0 Å². The highest BCUT2D eigenvalue weighted by atomic mass is 32.2. The van der Waals surface area contributed by atoms with Crippen LogP contribution in [0.1, 0.15) is 26.3 Å². The van der Waals surface area contributed by atoms with Gasteiger partial charge in [0.1, 0.15) is 5.75 Å². The van der Waals surface area contributed by atoms with Crippen LogP contribution in [0.25, 0.3) is 6.08 Å². The van der Waals surface area contributed by atoms with Crippen LogP contribution in [0.3, 0.4) is 0 Å². The number of rotatable bonds is 6. The number of ether oxygens (including phenoxy) is 1. The first-order chi connectivity index (χ1) is 14.8. The molecule has 158 valence electrons. The van der Waals surface area contributed by atoms with E-state index in [1.165, 1.54) is 30.2 Å². The van der Waals surface area contributed by atoms with Crippen LogP contribution in [0.15, 0.2) is 65.0 Å². The normalized spacial score (nSPS) is 16.0. The van der Waals surface area contributed by atoms with Crippen molar-refractivity contribution in [1.29, 1.82) is 0 Å². The quantitative estimate of drug-likeness (QED) is 0.401. The van der Waals surface area contributed by atoms with E-state index in [9.17, 15) is 24.6 Å². The highest BCUT2D eigenvalue weighted by molar-refractivity contribution is 8.18. The minimum atomic E-state index is -1.25. The van der Waals surface area contributed by atoms with Crippen molar-refractivity contribution in [2.75, 3.05) is 13.7 Å². The Hall–Kier alpha value is -3.85. The fourth-order valence-corrected chi connectivity index (χ4v) is 3.76. The second kappa shape index (κ2) is 9.31. The third-order valence-corrected chi connectivity index (χ3v) is 5.26. The van der Waals surface area contributed by atoms with Crippen LogP contribution in [0.4, 0.5) is 5.69 Å². The second-order valence-corrected chi connectivity index (χ2v) is 7.34. The number of esters is 1. The molecule has 0 atom stereocenters. The van der Waals surface area contributed by atoms with Gasteiger partial charge in [0.05, 0.1) is 28.8 Å². The molecule has 0 saturated carbocycles. The molecule has 8 nitrogen and oxygen atoms in total. The van der Waals surface area contributed by atoms with Crippen LogP contribution >= 0.6 is 11.8 Å². The van der Waals surface area contributed by atoms with Gasteiger partial charge in [-0.25, -0.2) is 14.6 Å². The van der Waals surface area contributed by atoms with Crippen LogP contribution in [0.2, 0.25) is 0 Å². The van der Waals surface area contributed by atoms with Crippen molar-refractivity contribution in [2.24, 2.45) is 4.99 Å². The van der Waals surface area contributed by atoms with E-state index in [2.05, 4.69) is 16.3 Å². The van der Waals surface area contributed by atoms with Gasteiger partial charge in [-0.2, -0.15) is 0 Å². The van der Waals surface area contributed by atoms with Gasteiger partial charge >= 0.3 is 11.9 Å². The maximum atomic E-state index is 12.9. The number of nitrogens with zero attached hydrogens (tertiary/aromatic N) is 2. The van der Waals surface area contributed by atoms with Gasteiger partial charge in [-0.1, -0.05) is 18.2 Å². The number of carboxylic acid groups (broad SMARTS) is 1. The van der Waals surface area contributed by atoms with E-state index in [0.717, 1.165) is 17.8 Å². The standard InChI is InChI=1S/C22H18N2O6S/c1-3-10-24-19(26)18(11-13-4-6-14(7-5-13)21(29)30-2)31-22(24)23-17-9-8-15(25)12-16(17)20(27)28/h3-9,11-12,25H,1,10H2,2H3,(H,27,28)/b18-11-,23-22?. The molecule has 0 aromatic heterocycles. The molecule has 3 rings (SSSR count). The zero-order valence-electron chi connectivity index (χ0n) is 16.4. The van der Waals surface area contributed by atoms with Gasteiger partial charge in [-0.15, -0.1) is 6.58 Å². The summed E-state index contributed by atoms with van der Waals surface area (Å²) < 4.78 is 4.67. The van der Waals surface area contributed by atoms with Crippen LogP contribution in [0, 0.1) is 0 Å². The number of hydrogen-bond donors (Lipinski definition) is 2. The van der Waals surface area contributed by atoms with Crippen molar-refractivity contribution in [3.05, 3.63) is 76.7 Å². The number of benzene rings is 2. The summed E-state index contributed by atoms with van der Waals surface area (Å²) in [6.45, 7) is 3.84. The molecule has 2 N–H and O–H groups in total. The van der Waals surface area contributed by atoms with Crippen LogP contribution < -0.4 is 0 Å². The Morgan fingerprint density at radius 1 is 1.23 bits per heavy atom. The first-order valence-corrected chi connectivity index (χ1v) is 9.81. The zero-order valence-corrected chi connectivity index (χ0v) is 17.3.